The van der Waals surface area contributed by atoms with Gasteiger partial charge in [0.15, 0.2) is 0 Å². The van der Waals surface area contributed by atoms with Gasteiger partial charge in [0.25, 0.3) is 0 Å². The van der Waals surface area contributed by atoms with Crippen LogP contribution < -0.4 is 4.90 Å². The van der Waals surface area contributed by atoms with Crippen molar-refractivity contribution in [1.29, 1.82) is 0 Å². The number of carboxylic acids is 1. The van der Waals surface area contributed by atoms with E-state index in [9.17, 15) is 9.90 Å². The Balaban J connectivity index is 1.89. The Hall–Kier alpha value is -1.69. The molecule has 19 heavy (non-hydrogen) atoms. The van der Waals surface area contributed by atoms with E-state index in [2.05, 4.69) is 26.8 Å². The Morgan fingerprint density at radius 3 is 2.95 bits per heavy atom. The predicted octanol–water partition coefficient (Wildman–Crippen LogP) is 0.848. The van der Waals surface area contributed by atoms with Crippen LogP contribution in [0.1, 0.15) is 29.6 Å². The molecule has 0 saturated carbocycles. The first-order valence-corrected chi connectivity index (χ1v) is 6.67. The second kappa shape index (κ2) is 4.77. The molecular weight excluding hydrogens is 244 g/mol. The number of hydrogen-bond donors (Lipinski definition) is 1. The lowest BCUT2D eigenvalue weighted by molar-refractivity contribution is 0.0696. The molecule has 2 aliphatic rings. The van der Waals surface area contributed by atoms with Crippen molar-refractivity contribution in [3.8, 4) is 0 Å². The number of rotatable bonds is 2. The zero-order valence-electron chi connectivity index (χ0n) is 11.0. The number of carboxylic acid groups (broad SMARTS) is 1. The second-order valence-corrected chi connectivity index (χ2v) is 5.35. The van der Waals surface area contributed by atoms with E-state index >= 15 is 0 Å². The number of anilines is 1. The molecule has 2 atom stereocenters. The maximum Gasteiger partial charge on any atom is 0.341 e. The molecule has 0 radical (unpaired) electrons. The highest BCUT2D eigenvalue weighted by Crippen LogP contribution is 2.30. The van der Waals surface area contributed by atoms with Crippen LogP contribution in [0.3, 0.4) is 0 Å². The highest BCUT2D eigenvalue weighted by Gasteiger charge is 2.35. The summed E-state index contributed by atoms with van der Waals surface area (Å²) in [7, 11) is 2.17. The monoisotopic (exact) mass is 262 g/mol. The Kier molecular flexibility index (Phi) is 3.10. The number of hydrogen-bond acceptors (Lipinski definition) is 5. The molecule has 102 valence electrons. The van der Waals surface area contributed by atoms with Crippen molar-refractivity contribution in [2.24, 2.45) is 0 Å². The van der Waals surface area contributed by atoms with Gasteiger partial charge < -0.3 is 10.0 Å². The zero-order valence-corrected chi connectivity index (χ0v) is 11.0. The van der Waals surface area contributed by atoms with Gasteiger partial charge in [0.2, 0.25) is 0 Å². The fourth-order valence-electron chi connectivity index (χ4n) is 3.23. The number of fused-ring (bicyclic) bond motifs is 2. The summed E-state index contributed by atoms with van der Waals surface area (Å²) in [6, 6.07) is 1.13. The molecule has 1 aromatic heterocycles. The van der Waals surface area contributed by atoms with E-state index < -0.39 is 5.97 Å². The maximum atomic E-state index is 11.3. The standard InChI is InChI=1S/C13H18N4O2/c1-16-9-2-3-10(16)7-17(5-4-9)12-11(13(18)19)6-14-8-15-12/h6,8-10H,2-5,7H2,1H3,(H,18,19). The lowest BCUT2D eigenvalue weighted by Gasteiger charge is -2.27. The molecule has 3 rings (SSSR count). The lowest BCUT2D eigenvalue weighted by Crippen LogP contribution is -2.37. The minimum absolute atomic E-state index is 0.197. The van der Waals surface area contributed by atoms with Gasteiger partial charge in [-0.1, -0.05) is 0 Å². The molecule has 2 fully saturated rings. The van der Waals surface area contributed by atoms with Crippen molar-refractivity contribution in [3.05, 3.63) is 18.1 Å². The van der Waals surface area contributed by atoms with Gasteiger partial charge in [-0.25, -0.2) is 14.8 Å². The fourth-order valence-corrected chi connectivity index (χ4v) is 3.23. The Morgan fingerprint density at radius 2 is 2.16 bits per heavy atom. The van der Waals surface area contributed by atoms with Crippen LogP contribution in [0.4, 0.5) is 5.82 Å². The number of aromatic carboxylic acids is 1. The summed E-state index contributed by atoms with van der Waals surface area (Å²) in [6.45, 7) is 1.72. The van der Waals surface area contributed by atoms with E-state index in [1.807, 2.05) is 0 Å². The van der Waals surface area contributed by atoms with Gasteiger partial charge in [0.1, 0.15) is 17.7 Å². The van der Waals surface area contributed by atoms with Gasteiger partial charge in [0.05, 0.1) is 0 Å². The molecule has 1 aromatic rings. The third-order valence-corrected chi connectivity index (χ3v) is 4.37. The van der Waals surface area contributed by atoms with Crippen molar-refractivity contribution >= 4 is 11.8 Å². The first-order valence-electron chi connectivity index (χ1n) is 6.67. The molecule has 2 saturated heterocycles. The topological polar surface area (TPSA) is 69.6 Å². The summed E-state index contributed by atoms with van der Waals surface area (Å²) in [5, 5.41) is 9.23. The van der Waals surface area contributed by atoms with Crippen LogP contribution in [0.15, 0.2) is 12.5 Å². The van der Waals surface area contributed by atoms with Crippen LogP contribution in [-0.2, 0) is 0 Å². The lowest BCUT2D eigenvalue weighted by atomic mass is 10.1. The zero-order chi connectivity index (χ0) is 13.4. The predicted molar refractivity (Wildman–Crippen MR) is 70.4 cm³/mol. The average Bonchev–Trinajstić information content (AvgIpc) is 2.63. The Labute approximate surface area is 112 Å². The molecule has 2 unspecified atom stereocenters. The van der Waals surface area contributed by atoms with Crippen LogP contribution in [0.25, 0.3) is 0 Å². The molecule has 2 bridgehead atoms. The molecule has 3 heterocycles. The third kappa shape index (κ3) is 2.16. The summed E-state index contributed by atoms with van der Waals surface area (Å²) >= 11 is 0. The largest absolute Gasteiger partial charge is 0.477 e. The van der Waals surface area contributed by atoms with Crippen LogP contribution in [0, 0.1) is 0 Å². The minimum atomic E-state index is -0.960. The Bertz CT molecular complexity index is 493. The number of nitrogens with zero attached hydrogens (tertiary/aromatic N) is 4. The van der Waals surface area contributed by atoms with Crippen molar-refractivity contribution in [1.82, 2.24) is 14.9 Å². The van der Waals surface area contributed by atoms with Gasteiger partial charge in [-0.2, -0.15) is 0 Å². The molecule has 6 nitrogen and oxygen atoms in total. The second-order valence-electron chi connectivity index (χ2n) is 5.35. The van der Waals surface area contributed by atoms with Crippen LogP contribution in [0.2, 0.25) is 0 Å². The van der Waals surface area contributed by atoms with Crippen molar-refractivity contribution in [3.63, 3.8) is 0 Å². The van der Waals surface area contributed by atoms with Gasteiger partial charge in [-0.15, -0.1) is 0 Å². The van der Waals surface area contributed by atoms with Crippen molar-refractivity contribution < 1.29 is 9.90 Å². The molecule has 6 heteroatoms. The van der Waals surface area contributed by atoms with E-state index in [0.29, 0.717) is 17.9 Å². The van der Waals surface area contributed by atoms with Crippen molar-refractivity contribution in [2.75, 3.05) is 25.0 Å². The first kappa shape index (κ1) is 12.3. The molecule has 0 amide bonds. The van der Waals surface area contributed by atoms with E-state index in [0.717, 1.165) is 19.5 Å². The maximum absolute atomic E-state index is 11.3. The Morgan fingerprint density at radius 1 is 1.37 bits per heavy atom. The molecule has 2 aliphatic heterocycles. The fraction of sp³-hybridized carbons (Fsp3) is 0.615. The SMILES string of the molecule is CN1C2CCC1CN(c1ncncc1C(=O)O)CC2. The van der Waals surface area contributed by atoms with Gasteiger partial charge >= 0.3 is 5.97 Å². The third-order valence-electron chi connectivity index (χ3n) is 4.37. The van der Waals surface area contributed by atoms with Crippen LogP contribution in [0.5, 0.6) is 0 Å². The summed E-state index contributed by atoms with van der Waals surface area (Å²) in [5.41, 5.74) is 0.197. The van der Waals surface area contributed by atoms with Crippen LogP contribution in [-0.4, -0.2) is 58.2 Å². The summed E-state index contributed by atoms with van der Waals surface area (Å²) in [5.74, 6) is -0.401. The van der Waals surface area contributed by atoms with Gasteiger partial charge in [0, 0.05) is 31.4 Å². The summed E-state index contributed by atoms with van der Waals surface area (Å²) in [4.78, 5) is 23.8. The first-order chi connectivity index (χ1) is 9.16. The average molecular weight is 262 g/mol. The van der Waals surface area contributed by atoms with Gasteiger partial charge in [-0.3, -0.25) is 4.90 Å². The van der Waals surface area contributed by atoms with Gasteiger partial charge in [-0.05, 0) is 26.3 Å². The number of likely N-dealkylation sites (N-methyl/N-ethyl adjacent to an activating group) is 1. The van der Waals surface area contributed by atoms with E-state index in [4.69, 9.17) is 0 Å². The van der Waals surface area contributed by atoms with E-state index in [-0.39, 0.29) is 5.56 Å². The highest BCUT2D eigenvalue weighted by atomic mass is 16.4. The quantitative estimate of drug-likeness (QED) is 0.852. The van der Waals surface area contributed by atoms with E-state index in [1.165, 1.54) is 25.4 Å². The smallest absolute Gasteiger partial charge is 0.341 e. The molecule has 1 N–H and O–H groups in total. The highest BCUT2D eigenvalue weighted by molar-refractivity contribution is 5.92. The summed E-state index contributed by atoms with van der Waals surface area (Å²) < 4.78 is 0. The molecule has 0 spiro atoms. The number of aromatic nitrogens is 2. The number of carbonyl (C=O) groups is 1. The van der Waals surface area contributed by atoms with Crippen LogP contribution >= 0.6 is 0 Å². The molecule has 0 aromatic carbocycles. The summed E-state index contributed by atoms with van der Waals surface area (Å²) in [6.07, 6.45) is 6.32. The minimum Gasteiger partial charge on any atom is -0.477 e. The van der Waals surface area contributed by atoms with Crippen molar-refractivity contribution in [2.45, 2.75) is 31.3 Å². The van der Waals surface area contributed by atoms with E-state index in [1.54, 1.807) is 0 Å². The molecule has 0 aliphatic carbocycles. The normalized spacial score (nSPS) is 27.3. The molecular formula is C13H18N4O2.